The first-order valence-electron chi connectivity index (χ1n) is 6.78. The number of fused-ring (bicyclic) bond motifs is 1. The van der Waals surface area contributed by atoms with Crippen LogP contribution in [0.4, 0.5) is 11.4 Å². The van der Waals surface area contributed by atoms with Crippen molar-refractivity contribution in [3.05, 3.63) is 47.5 Å². The molecule has 6 N–H and O–H groups in total. The van der Waals surface area contributed by atoms with Gasteiger partial charge in [-0.05, 0) is 35.9 Å². The highest BCUT2D eigenvalue weighted by Gasteiger charge is 2.09. The summed E-state index contributed by atoms with van der Waals surface area (Å²) in [6.07, 6.45) is 0.216. The predicted octanol–water partition coefficient (Wildman–Crippen LogP) is 1.74. The number of carbonyl (C=O) groups excluding carboxylic acids is 1. The molecule has 2 aromatic carbocycles. The van der Waals surface area contributed by atoms with Gasteiger partial charge in [0.2, 0.25) is 5.91 Å². The molecule has 7 nitrogen and oxygen atoms in total. The van der Waals surface area contributed by atoms with Gasteiger partial charge < -0.3 is 16.8 Å². The number of hydrogen-bond donors (Lipinski definition) is 4. The number of carbonyl (C=O) groups is 1. The van der Waals surface area contributed by atoms with Crippen LogP contribution in [0, 0.1) is 5.41 Å². The monoisotopic (exact) mass is 326 g/mol. The minimum atomic E-state index is -0.174. The van der Waals surface area contributed by atoms with Crippen molar-refractivity contribution in [1.29, 1.82) is 5.41 Å². The maximum absolute atomic E-state index is 12.2. The zero-order valence-electron chi connectivity index (χ0n) is 12.0. The van der Waals surface area contributed by atoms with Gasteiger partial charge in [0.15, 0.2) is 0 Å². The van der Waals surface area contributed by atoms with Crippen molar-refractivity contribution in [3.8, 4) is 0 Å². The number of nitrogens with one attached hydrogen (secondary N) is 2. The number of hydrogen-bond acceptors (Lipinski definition) is 6. The first-order valence-corrected chi connectivity index (χ1v) is 7.51. The Morgan fingerprint density at radius 2 is 1.96 bits per heavy atom. The standard InChI is InChI=1S/C15H14N6OS/c16-11-3-2-9(7-10(11)15(17)18)19-14(22)6-8-1-4-12-13(5-8)21-23-20-12/h1-5,7H,6,16H2,(H3,17,18)(H,19,22). The van der Waals surface area contributed by atoms with E-state index in [1.54, 1.807) is 18.2 Å². The molecule has 1 aromatic heterocycles. The topological polar surface area (TPSA) is 131 Å². The largest absolute Gasteiger partial charge is 0.398 e. The van der Waals surface area contributed by atoms with Gasteiger partial charge in [-0.25, -0.2) is 0 Å². The van der Waals surface area contributed by atoms with Crippen molar-refractivity contribution < 1.29 is 4.79 Å². The summed E-state index contributed by atoms with van der Waals surface area (Å²) in [7, 11) is 0. The summed E-state index contributed by atoms with van der Waals surface area (Å²) in [6.45, 7) is 0. The van der Waals surface area contributed by atoms with Gasteiger partial charge in [0.25, 0.3) is 0 Å². The second-order valence-electron chi connectivity index (χ2n) is 5.03. The highest BCUT2D eigenvalue weighted by atomic mass is 32.1. The van der Waals surface area contributed by atoms with Gasteiger partial charge in [-0.3, -0.25) is 10.2 Å². The van der Waals surface area contributed by atoms with Gasteiger partial charge in [0.1, 0.15) is 16.9 Å². The highest BCUT2D eigenvalue weighted by molar-refractivity contribution is 7.00. The highest BCUT2D eigenvalue weighted by Crippen LogP contribution is 2.18. The average molecular weight is 326 g/mol. The zero-order valence-corrected chi connectivity index (χ0v) is 12.9. The maximum Gasteiger partial charge on any atom is 0.228 e. The third-order valence-electron chi connectivity index (χ3n) is 3.31. The average Bonchev–Trinajstić information content (AvgIpc) is 2.96. The van der Waals surface area contributed by atoms with Crippen molar-refractivity contribution in [1.82, 2.24) is 8.75 Å². The van der Waals surface area contributed by atoms with Crippen LogP contribution in [0.2, 0.25) is 0 Å². The van der Waals surface area contributed by atoms with Gasteiger partial charge in [-0.15, -0.1) is 0 Å². The second kappa shape index (κ2) is 6.01. The molecular formula is C15H14N6OS. The summed E-state index contributed by atoms with van der Waals surface area (Å²) in [4.78, 5) is 12.2. The first kappa shape index (κ1) is 14.9. The Morgan fingerprint density at radius 3 is 2.74 bits per heavy atom. The quantitative estimate of drug-likeness (QED) is 0.329. The first-order chi connectivity index (χ1) is 11.0. The number of aromatic nitrogens is 2. The van der Waals surface area contributed by atoms with E-state index < -0.39 is 0 Å². The van der Waals surface area contributed by atoms with E-state index in [0.29, 0.717) is 16.9 Å². The van der Waals surface area contributed by atoms with Crippen LogP contribution >= 0.6 is 11.7 Å². The summed E-state index contributed by atoms with van der Waals surface area (Å²) in [5, 5.41) is 10.2. The lowest BCUT2D eigenvalue weighted by atomic mass is 10.1. The smallest absolute Gasteiger partial charge is 0.228 e. The van der Waals surface area contributed by atoms with Gasteiger partial charge in [0.05, 0.1) is 18.1 Å². The van der Waals surface area contributed by atoms with Crippen LogP contribution in [0.3, 0.4) is 0 Å². The second-order valence-corrected chi connectivity index (χ2v) is 5.56. The molecule has 1 heterocycles. The van der Waals surface area contributed by atoms with Crippen LogP contribution < -0.4 is 16.8 Å². The van der Waals surface area contributed by atoms with Crippen molar-refractivity contribution in [2.24, 2.45) is 5.73 Å². The molecule has 0 saturated heterocycles. The molecule has 1 amide bonds. The minimum Gasteiger partial charge on any atom is -0.398 e. The van der Waals surface area contributed by atoms with E-state index in [1.807, 2.05) is 18.2 Å². The summed E-state index contributed by atoms with van der Waals surface area (Å²) < 4.78 is 8.29. The number of amides is 1. The summed E-state index contributed by atoms with van der Waals surface area (Å²) in [5.41, 5.74) is 15.0. The molecule has 0 saturated carbocycles. The lowest BCUT2D eigenvalue weighted by Gasteiger charge is -2.09. The van der Waals surface area contributed by atoms with E-state index in [1.165, 1.54) is 0 Å². The molecule has 0 aliphatic carbocycles. The Balaban J connectivity index is 1.74. The number of anilines is 2. The molecule has 0 atom stereocenters. The SMILES string of the molecule is N=C(N)c1cc(NC(=O)Cc2ccc3nsnc3c2)ccc1N. The van der Waals surface area contributed by atoms with E-state index in [4.69, 9.17) is 16.9 Å². The molecule has 3 aromatic rings. The molecule has 116 valence electrons. The van der Waals surface area contributed by atoms with Gasteiger partial charge in [0, 0.05) is 16.9 Å². The van der Waals surface area contributed by atoms with E-state index in [-0.39, 0.29) is 18.2 Å². The molecule has 0 bridgehead atoms. The van der Waals surface area contributed by atoms with Crippen LogP contribution in [-0.2, 0) is 11.2 Å². The number of rotatable bonds is 4. The summed E-state index contributed by atoms with van der Waals surface area (Å²) >= 11 is 1.14. The van der Waals surface area contributed by atoms with E-state index in [0.717, 1.165) is 28.3 Å². The maximum atomic E-state index is 12.2. The lowest BCUT2D eigenvalue weighted by Crippen LogP contribution is -2.17. The Hall–Kier alpha value is -3.00. The molecule has 0 aliphatic heterocycles. The van der Waals surface area contributed by atoms with Crippen molar-refractivity contribution >= 4 is 45.9 Å². The van der Waals surface area contributed by atoms with Crippen molar-refractivity contribution in [3.63, 3.8) is 0 Å². The van der Waals surface area contributed by atoms with Crippen molar-refractivity contribution in [2.75, 3.05) is 11.1 Å². The third-order valence-corrected chi connectivity index (χ3v) is 3.87. The van der Waals surface area contributed by atoms with E-state index in [2.05, 4.69) is 14.1 Å². The molecule has 0 spiro atoms. The van der Waals surface area contributed by atoms with Crippen LogP contribution in [0.5, 0.6) is 0 Å². The zero-order chi connectivity index (χ0) is 16.4. The predicted molar refractivity (Wildman–Crippen MR) is 91.6 cm³/mol. The van der Waals surface area contributed by atoms with Crippen LogP contribution in [0.25, 0.3) is 11.0 Å². The fourth-order valence-corrected chi connectivity index (χ4v) is 2.71. The summed E-state index contributed by atoms with van der Waals surface area (Å²) in [5.74, 6) is -0.313. The lowest BCUT2D eigenvalue weighted by molar-refractivity contribution is -0.115. The Kier molecular flexibility index (Phi) is 3.90. The fraction of sp³-hybridized carbons (Fsp3) is 0.0667. The molecule has 3 rings (SSSR count). The Bertz CT molecular complexity index is 904. The number of nitrogens with zero attached hydrogens (tertiary/aromatic N) is 2. The molecule has 8 heteroatoms. The van der Waals surface area contributed by atoms with Crippen LogP contribution in [-0.4, -0.2) is 20.5 Å². The number of amidine groups is 1. The molecule has 0 unspecified atom stereocenters. The number of nitrogens with two attached hydrogens (primary N) is 2. The molecule has 0 fully saturated rings. The van der Waals surface area contributed by atoms with Crippen molar-refractivity contribution in [2.45, 2.75) is 6.42 Å². The third kappa shape index (κ3) is 3.27. The van der Waals surface area contributed by atoms with Gasteiger partial charge in [-0.1, -0.05) is 6.07 Å². The van der Waals surface area contributed by atoms with Gasteiger partial charge in [-0.2, -0.15) is 8.75 Å². The summed E-state index contributed by atoms with van der Waals surface area (Å²) in [6, 6.07) is 10.4. The fourth-order valence-electron chi connectivity index (χ4n) is 2.20. The van der Waals surface area contributed by atoms with Crippen LogP contribution in [0.1, 0.15) is 11.1 Å². The molecular weight excluding hydrogens is 312 g/mol. The number of nitrogen functional groups attached to an aromatic ring is 2. The molecule has 23 heavy (non-hydrogen) atoms. The van der Waals surface area contributed by atoms with Gasteiger partial charge >= 0.3 is 0 Å². The van der Waals surface area contributed by atoms with E-state index >= 15 is 0 Å². The van der Waals surface area contributed by atoms with E-state index in [9.17, 15) is 4.79 Å². The Morgan fingerprint density at radius 1 is 1.17 bits per heavy atom. The van der Waals surface area contributed by atoms with Crippen LogP contribution in [0.15, 0.2) is 36.4 Å². The number of benzene rings is 2. The minimum absolute atomic E-state index is 0.139. The molecule has 0 radical (unpaired) electrons. The normalized spacial score (nSPS) is 10.6. The Labute approximate surface area is 136 Å². The molecule has 0 aliphatic rings.